The van der Waals surface area contributed by atoms with Gasteiger partial charge in [-0.1, -0.05) is 6.92 Å². The number of hydrogen-bond donors (Lipinski definition) is 1. The van der Waals surface area contributed by atoms with E-state index in [2.05, 4.69) is 30.1 Å². The van der Waals surface area contributed by atoms with Gasteiger partial charge in [-0.2, -0.15) is 0 Å². The number of nitrogens with zero attached hydrogens (tertiary/aromatic N) is 1. The number of likely N-dealkylation sites (tertiary alicyclic amines) is 1. The van der Waals surface area contributed by atoms with Crippen LogP contribution in [-0.4, -0.2) is 37.1 Å². The average Bonchev–Trinajstić information content (AvgIpc) is 2.92. The third-order valence-corrected chi connectivity index (χ3v) is 4.20. The van der Waals surface area contributed by atoms with Gasteiger partial charge < -0.3 is 14.6 Å². The van der Waals surface area contributed by atoms with Crippen LogP contribution in [0.15, 0.2) is 22.8 Å². The van der Waals surface area contributed by atoms with Crippen molar-refractivity contribution in [1.82, 2.24) is 10.2 Å². The van der Waals surface area contributed by atoms with E-state index in [4.69, 9.17) is 4.42 Å². The fraction of sp³-hybridized carbons (Fsp3) is 0.750. The van der Waals surface area contributed by atoms with Gasteiger partial charge in [-0.15, -0.1) is 0 Å². The molecule has 1 aromatic heterocycles. The first-order chi connectivity index (χ1) is 9.24. The Hall–Kier alpha value is -0.800. The van der Waals surface area contributed by atoms with Crippen molar-refractivity contribution in [2.45, 2.75) is 45.6 Å². The Balaban J connectivity index is 1.52. The minimum Gasteiger partial charge on any atom is -0.469 e. The fourth-order valence-electron chi connectivity index (χ4n) is 2.67. The molecule has 0 amide bonds. The van der Waals surface area contributed by atoms with Crippen molar-refractivity contribution >= 4 is 0 Å². The first-order valence-electron chi connectivity index (χ1n) is 7.72. The van der Waals surface area contributed by atoms with Gasteiger partial charge in [-0.25, -0.2) is 0 Å². The van der Waals surface area contributed by atoms with E-state index < -0.39 is 0 Å². The van der Waals surface area contributed by atoms with Crippen LogP contribution < -0.4 is 5.32 Å². The molecule has 0 saturated carbocycles. The van der Waals surface area contributed by atoms with Crippen LogP contribution in [0.1, 0.15) is 38.9 Å². The summed E-state index contributed by atoms with van der Waals surface area (Å²) in [5.41, 5.74) is 0. The molecule has 1 saturated heterocycles. The third kappa shape index (κ3) is 5.37. The number of furan rings is 1. The van der Waals surface area contributed by atoms with Crippen LogP contribution in [0.25, 0.3) is 0 Å². The van der Waals surface area contributed by atoms with Crippen LogP contribution in [0.2, 0.25) is 0 Å². The molecule has 1 fully saturated rings. The summed E-state index contributed by atoms with van der Waals surface area (Å²) >= 11 is 0. The maximum atomic E-state index is 5.36. The molecule has 1 aliphatic heterocycles. The topological polar surface area (TPSA) is 28.4 Å². The van der Waals surface area contributed by atoms with Gasteiger partial charge in [-0.3, -0.25) is 0 Å². The van der Waals surface area contributed by atoms with E-state index in [-0.39, 0.29) is 0 Å². The first kappa shape index (κ1) is 14.6. The molecule has 3 nitrogen and oxygen atoms in total. The lowest BCUT2D eigenvalue weighted by Crippen LogP contribution is -2.39. The molecule has 1 aliphatic rings. The first-order valence-corrected chi connectivity index (χ1v) is 7.72. The highest BCUT2D eigenvalue weighted by atomic mass is 16.3. The molecule has 0 spiro atoms. The van der Waals surface area contributed by atoms with Crippen molar-refractivity contribution in [3.05, 3.63) is 24.2 Å². The smallest absolute Gasteiger partial charge is 0.103 e. The van der Waals surface area contributed by atoms with Crippen molar-refractivity contribution in [2.24, 2.45) is 5.92 Å². The summed E-state index contributed by atoms with van der Waals surface area (Å²) in [6, 6.07) is 4.58. The number of hydrogen-bond acceptors (Lipinski definition) is 3. The Labute approximate surface area is 117 Å². The second-order valence-electron chi connectivity index (χ2n) is 6.00. The molecule has 3 heteroatoms. The number of rotatable bonds is 7. The highest BCUT2D eigenvalue weighted by Crippen LogP contribution is 2.15. The second kappa shape index (κ2) is 7.71. The van der Waals surface area contributed by atoms with E-state index in [9.17, 15) is 0 Å². The molecule has 1 N–H and O–H groups in total. The van der Waals surface area contributed by atoms with Gasteiger partial charge >= 0.3 is 0 Å². The largest absolute Gasteiger partial charge is 0.469 e. The highest BCUT2D eigenvalue weighted by Gasteiger charge is 2.15. The van der Waals surface area contributed by atoms with Crippen LogP contribution in [-0.2, 0) is 6.42 Å². The van der Waals surface area contributed by atoms with Crippen LogP contribution in [0, 0.1) is 5.92 Å². The molecule has 0 bridgehead atoms. The lowest BCUT2D eigenvalue weighted by molar-refractivity contribution is 0.191. The lowest BCUT2D eigenvalue weighted by Gasteiger charge is -2.30. The fourth-order valence-corrected chi connectivity index (χ4v) is 2.67. The van der Waals surface area contributed by atoms with Crippen molar-refractivity contribution in [1.29, 1.82) is 0 Å². The summed E-state index contributed by atoms with van der Waals surface area (Å²) in [6.45, 7) is 9.49. The standard InChI is InChI=1S/C16H28N2O/c1-14-7-10-18(11-8-14)12-9-17-15(2)5-6-16-4-3-13-19-16/h3-4,13-15,17H,5-12H2,1-2H3. The quantitative estimate of drug-likeness (QED) is 0.821. The Bertz CT molecular complexity index is 329. The van der Waals surface area contributed by atoms with Gasteiger partial charge in [-0.05, 0) is 57.3 Å². The molecular weight excluding hydrogens is 236 g/mol. The van der Waals surface area contributed by atoms with E-state index in [0.717, 1.165) is 31.1 Å². The summed E-state index contributed by atoms with van der Waals surface area (Å²) in [6.07, 6.45) is 6.67. The SMILES string of the molecule is CC1CCN(CCNC(C)CCc2ccco2)CC1. The molecule has 0 radical (unpaired) electrons. The van der Waals surface area contributed by atoms with Crippen LogP contribution >= 0.6 is 0 Å². The van der Waals surface area contributed by atoms with Gasteiger partial charge in [0, 0.05) is 25.6 Å². The summed E-state index contributed by atoms with van der Waals surface area (Å²) in [5, 5.41) is 3.62. The minimum absolute atomic E-state index is 0.564. The molecule has 108 valence electrons. The molecule has 1 atom stereocenters. The van der Waals surface area contributed by atoms with E-state index in [0.29, 0.717) is 6.04 Å². The monoisotopic (exact) mass is 264 g/mol. The molecule has 2 rings (SSSR count). The van der Waals surface area contributed by atoms with Crippen LogP contribution in [0.3, 0.4) is 0 Å². The number of aryl methyl sites for hydroxylation is 1. The van der Waals surface area contributed by atoms with Crippen LogP contribution in [0.4, 0.5) is 0 Å². The summed E-state index contributed by atoms with van der Waals surface area (Å²) in [5.74, 6) is 2.02. The molecule has 1 aromatic rings. The lowest BCUT2D eigenvalue weighted by atomic mass is 9.99. The number of nitrogens with one attached hydrogen (secondary N) is 1. The van der Waals surface area contributed by atoms with Gasteiger partial charge in [0.2, 0.25) is 0 Å². The zero-order valence-electron chi connectivity index (χ0n) is 12.4. The van der Waals surface area contributed by atoms with Crippen molar-refractivity contribution in [3.8, 4) is 0 Å². The zero-order valence-corrected chi connectivity index (χ0v) is 12.4. The molecular formula is C16H28N2O. The number of piperidine rings is 1. The normalized spacial score (nSPS) is 19.7. The van der Waals surface area contributed by atoms with Crippen LogP contribution in [0.5, 0.6) is 0 Å². The molecule has 0 aliphatic carbocycles. The van der Waals surface area contributed by atoms with Gasteiger partial charge in [0.25, 0.3) is 0 Å². The van der Waals surface area contributed by atoms with Gasteiger partial charge in [0.1, 0.15) is 5.76 Å². The second-order valence-corrected chi connectivity index (χ2v) is 6.00. The minimum atomic E-state index is 0.564. The van der Waals surface area contributed by atoms with E-state index in [1.807, 2.05) is 6.07 Å². The maximum Gasteiger partial charge on any atom is 0.103 e. The molecule has 0 aromatic carbocycles. The molecule has 2 heterocycles. The predicted octanol–water partition coefficient (Wildman–Crippen LogP) is 2.92. The summed E-state index contributed by atoms with van der Waals surface area (Å²) < 4.78 is 5.36. The van der Waals surface area contributed by atoms with Crippen molar-refractivity contribution in [2.75, 3.05) is 26.2 Å². The Kier molecular flexibility index (Phi) is 5.93. The summed E-state index contributed by atoms with van der Waals surface area (Å²) in [7, 11) is 0. The van der Waals surface area contributed by atoms with Crippen molar-refractivity contribution in [3.63, 3.8) is 0 Å². The molecule has 1 unspecified atom stereocenters. The Morgan fingerprint density at radius 2 is 2.21 bits per heavy atom. The van der Waals surface area contributed by atoms with E-state index in [1.54, 1.807) is 6.26 Å². The Morgan fingerprint density at radius 3 is 2.89 bits per heavy atom. The van der Waals surface area contributed by atoms with Gasteiger partial charge in [0.15, 0.2) is 0 Å². The Morgan fingerprint density at radius 1 is 1.42 bits per heavy atom. The maximum absolute atomic E-state index is 5.36. The van der Waals surface area contributed by atoms with E-state index in [1.165, 1.54) is 32.5 Å². The third-order valence-electron chi connectivity index (χ3n) is 4.20. The van der Waals surface area contributed by atoms with Crippen molar-refractivity contribution < 1.29 is 4.42 Å². The van der Waals surface area contributed by atoms with E-state index >= 15 is 0 Å². The predicted molar refractivity (Wildman–Crippen MR) is 79.3 cm³/mol. The van der Waals surface area contributed by atoms with Gasteiger partial charge in [0.05, 0.1) is 6.26 Å². The zero-order chi connectivity index (χ0) is 13.5. The average molecular weight is 264 g/mol. The summed E-state index contributed by atoms with van der Waals surface area (Å²) in [4.78, 5) is 2.59. The molecule has 19 heavy (non-hydrogen) atoms. The highest BCUT2D eigenvalue weighted by molar-refractivity contribution is 4.98.